The number of hydrogen-bond donors (Lipinski definition) is 1. The summed E-state index contributed by atoms with van der Waals surface area (Å²) in [6.45, 7) is 4.93. The van der Waals surface area contributed by atoms with Gasteiger partial charge in [-0.3, -0.25) is 0 Å². The fourth-order valence-corrected chi connectivity index (χ4v) is 2.15. The van der Waals surface area contributed by atoms with Crippen molar-refractivity contribution in [2.75, 3.05) is 13.6 Å². The summed E-state index contributed by atoms with van der Waals surface area (Å²) in [4.78, 5) is 0. The van der Waals surface area contributed by atoms with Crippen LogP contribution >= 0.6 is 0 Å². The van der Waals surface area contributed by atoms with Gasteiger partial charge in [-0.2, -0.15) is 5.10 Å². The fourth-order valence-electron chi connectivity index (χ4n) is 2.15. The normalized spacial score (nSPS) is 10.9. The van der Waals surface area contributed by atoms with Gasteiger partial charge in [-0.05, 0) is 57.6 Å². The number of aryl methyl sites for hydroxylation is 1. The van der Waals surface area contributed by atoms with Crippen molar-refractivity contribution in [1.29, 1.82) is 0 Å². The molecular weight excluding hydrogens is 229 g/mol. The van der Waals surface area contributed by atoms with Gasteiger partial charge < -0.3 is 5.32 Å². The second-order valence-electron chi connectivity index (χ2n) is 4.39. The van der Waals surface area contributed by atoms with Crippen molar-refractivity contribution in [1.82, 2.24) is 15.1 Å². The Kier molecular flexibility index (Phi) is 3.77. The third kappa shape index (κ3) is 2.43. The average molecular weight is 247 g/mol. The molecule has 1 aromatic heterocycles. The highest BCUT2D eigenvalue weighted by Gasteiger charge is 2.12. The van der Waals surface area contributed by atoms with Crippen LogP contribution in [0.2, 0.25) is 0 Å². The lowest BCUT2D eigenvalue weighted by Crippen LogP contribution is -2.11. The zero-order valence-corrected chi connectivity index (χ0v) is 11.0. The molecule has 1 heterocycles. The first-order valence-electron chi connectivity index (χ1n) is 6.09. The Balaban J connectivity index is 2.40. The lowest BCUT2D eigenvalue weighted by molar-refractivity contribution is 0.625. The predicted molar refractivity (Wildman–Crippen MR) is 70.6 cm³/mol. The van der Waals surface area contributed by atoms with E-state index in [4.69, 9.17) is 0 Å². The Hall–Kier alpha value is -1.68. The molecule has 0 saturated heterocycles. The van der Waals surface area contributed by atoms with E-state index < -0.39 is 0 Å². The number of nitrogens with one attached hydrogen (secondary N) is 1. The van der Waals surface area contributed by atoms with E-state index in [1.54, 1.807) is 6.07 Å². The molecule has 0 amide bonds. The highest BCUT2D eigenvalue weighted by atomic mass is 19.1. The van der Waals surface area contributed by atoms with Gasteiger partial charge in [-0.25, -0.2) is 9.07 Å². The Morgan fingerprint density at radius 3 is 2.78 bits per heavy atom. The maximum absolute atomic E-state index is 13.2. The largest absolute Gasteiger partial charge is 0.319 e. The van der Waals surface area contributed by atoms with Crippen LogP contribution in [0.25, 0.3) is 5.69 Å². The fraction of sp³-hybridized carbons (Fsp3) is 0.357. The summed E-state index contributed by atoms with van der Waals surface area (Å²) in [5, 5.41) is 7.63. The summed E-state index contributed by atoms with van der Waals surface area (Å²) >= 11 is 0. The number of likely N-dealkylation sites (N-methyl/N-ethyl adjacent to an activating group) is 1. The third-order valence-corrected chi connectivity index (χ3v) is 3.12. The predicted octanol–water partition coefficient (Wildman–Crippen LogP) is 2.39. The van der Waals surface area contributed by atoms with Crippen LogP contribution in [0.4, 0.5) is 4.39 Å². The second-order valence-corrected chi connectivity index (χ2v) is 4.39. The highest BCUT2D eigenvalue weighted by Crippen LogP contribution is 2.18. The minimum Gasteiger partial charge on any atom is -0.319 e. The number of halogens is 1. The molecule has 18 heavy (non-hydrogen) atoms. The van der Waals surface area contributed by atoms with Crippen molar-refractivity contribution in [3.63, 3.8) is 0 Å². The molecule has 0 atom stereocenters. The van der Waals surface area contributed by atoms with Gasteiger partial charge in [0.15, 0.2) is 0 Å². The number of benzene rings is 1. The summed E-state index contributed by atoms with van der Waals surface area (Å²) in [7, 11) is 1.93. The first-order valence-corrected chi connectivity index (χ1v) is 6.09. The van der Waals surface area contributed by atoms with Gasteiger partial charge in [0.25, 0.3) is 0 Å². The van der Waals surface area contributed by atoms with Crippen LogP contribution in [-0.4, -0.2) is 23.4 Å². The van der Waals surface area contributed by atoms with E-state index in [0.29, 0.717) is 0 Å². The summed E-state index contributed by atoms with van der Waals surface area (Å²) in [6, 6.07) is 6.51. The summed E-state index contributed by atoms with van der Waals surface area (Å²) < 4.78 is 15.1. The van der Waals surface area contributed by atoms with Crippen LogP contribution in [0.3, 0.4) is 0 Å². The molecule has 0 saturated carbocycles. The molecular formula is C14H18FN3. The molecule has 0 aliphatic rings. The molecule has 0 fully saturated rings. The van der Waals surface area contributed by atoms with Crippen LogP contribution in [-0.2, 0) is 6.42 Å². The van der Waals surface area contributed by atoms with E-state index in [1.165, 1.54) is 17.7 Å². The van der Waals surface area contributed by atoms with Crippen molar-refractivity contribution in [3.8, 4) is 5.69 Å². The lowest BCUT2D eigenvalue weighted by atomic mass is 10.1. The highest BCUT2D eigenvalue weighted by molar-refractivity contribution is 5.37. The van der Waals surface area contributed by atoms with Crippen LogP contribution in [0.15, 0.2) is 24.3 Å². The van der Waals surface area contributed by atoms with Gasteiger partial charge in [0.2, 0.25) is 0 Å². The minimum absolute atomic E-state index is 0.239. The van der Waals surface area contributed by atoms with Crippen LogP contribution in [0.1, 0.15) is 17.0 Å². The zero-order valence-electron chi connectivity index (χ0n) is 11.0. The molecule has 0 aliphatic carbocycles. The Bertz CT molecular complexity index is 546. The van der Waals surface area contributed by atoms with Gasteiger partial charge in [0.1, 0.15) is 5.82 Å². The van der Waals surface area contributed by atoms with Crippen molar-refractivity contribution in [2.45, 2.75) is 20.3 Å². The molecule has 0 aliphatic heterocycles. The molecule has 2 aromatic rings. The molecule has 0 bridgehead atoms. The summed E-state index contributed by atoms with van der Waals surface area (Å²) in [6.07, 6.45) is 0.934. The molecule has 96 valence electrons. The number of nitrogens with zero attached hydrogens (tertiary/aromatic N) is 2. The number of hydrogen-bond acceptors (Lipinski definition) is 2. The lowest BCUT2D eigenvalue weighted by Gasteiger charge is -2.05. The van der Waals surface area contributed by atoms with Gasteiger partial charge in [0, 0.05) is 5.69 Å². The quantitative estimate of drug-likeness (QED) is 0.899. The topological polar surface area (TPSA) is 29.9 Å². The maximum Gasteiger partial charge on any atom is 0.125 e. The van der Waals surface area contributed by atoms with Crippen molar-refractivity contribution >= 4 is 0 Å². The average Bonchev–Trinajstić information content (AvgIpc) is 2.63. The Morgan fingerprint density at radius 1 is 1.33 bits per heavy atom. The zero-order chi connectivity index (χ0) is 13.1. The molecule has 1 N–H and O–H groups in total. The summed E-state index contributed by atoms with van der Waals surface area (Å²) in [5.41, 5.74) is 4.08. The number of rotatable bonds is 4. The van der Waals surface area contributed by atoms with E-state index >= 15 is 0 Å². The maximum atomic E-state index is 13.2. The monoisotopic (exact) mass is 247 g/mol. The molecule has 2 rings (SSSR count). The van der Waals surface area contributed by atoms with Crippen LogP contribution in [0, 0.1) is 19.7 Å². The molecule has 0 radical (unpaired) electrons. The van der Waals surface area contributed by atoms with Crippen molar-refractivity contribution in [3.05, 3.63) is 47.0 Å². The van der Waals surface area contributed by atoms with E-state index in [0.717, 1.165) is 30.0 Å². The van der Waals surface area contributed by atoms with E-state index in [2.05, 4.69) is 10.4 Å². The number of aromatic nitrogens is 2. The Labute approximate surface area is 107 Å². The van der Waals surface area contributed by atoms with Crippen LogP contribution in [0.5, 0.6) is 0 Å². The molecule has 1 aromatic carbocycles. The molecule has 3 nitrogen and oxygen atoms in total. The van der Waals surface area contributed by atoms with Crippen molar-refractivity contribution < 1.29 is 4.39 Å². The van der Waals surface area contributed by atoms with Gasteiger partial charge in [-0.15, -0.1) is 0 Å². The standard InChI is InChI=1S/C14H18FN3/c1-10-14(7-8-16-3)11(2)18(17-10)13-6-4-5-12(15)9-13/h4-6,9,16H,7-8H2,1-3H3. The molecule has 0 spiro atoms. The minimum atomic E-state index is -0.239. The summed E-state index contributed by atoms with van der Waals surface area (Å²) in [5.74, 6) is -0.239. The first-order chi connectivity index (χ1) is 8.63. The first kappa shape index (κ1) is 12.8. The van der Waals surface area contributed by atoms with E-state index in [9.17, 15) is 4.39 Å². The van der Waals surface area contributed by atoms with Crippen LogP contribution < -0.4 is 5.32 Å². The van der Waals surface area contributed by atoms with Crippen molar-refractivity contribution in [2.24, 2.45) is 0 Å². The smallest absolute Gasteiger partial charge is 0.125 e. The second kappa shape index (κ2) is 5.31. The SMILES string of the molecule is CNCCc1c(C)nn(-c2cccc(F)c2)c1C. The molecule has 0 unspecified atom stereocenters. The van der Waals surface area contributed by atoms with Gasteiger partial charge in [-0.1, -0.05) is 6.07 Å². The van der Waals surface area contributed by atoms with E-state index in [-0.39, 0.29) is 5.82 Å². The third-order valence-electron chi connectivity index (χ3n) is 3.12. The Morgan fingerprint density at radius 2 is 2.11 bits per heavy atom. The van der Waals surface area contributed by atoms with Gasteiger partial charge >= 0.3 is 0 Å². The molecule has 4 heteroatoms. The van der Waals surface area contributed by atoms with Gasteiger partial charge in [0.05, 0.1) is 11.4 Å². The van der Waals surface area contributed by atoms with E-state index in [1.807, 2.05) is 31.6 Å².